The van der Waals surface area contributed by atoms with Crippen molar-refractivity contribution in [3.63, 3.8) is 0 Å². The van der Waals surface area contributed by atoms with Gasteiger partial charge in [-0.3, -0.25) is 13.9 Å². The molecule has 0 saturated heterocycles. The Bertz CT molecular complexity index is 803. The predicted octanol–water partition coefficient (Wildman–Crippen LogP) is 0.377. The highest BCUT2D eigenvalue weighted by Gasteiger charge is 2.18. The second-order valence-electron chi connectivity index (χ2n) is 5.35. The fourth-order valence-corrected chi connectivity index (χ4v) is 2.48. The molecule has 0 aliphatic heterocycles. The van der Waals surface area contributed by atoms with E-state index in [4.69, 9.17) is 0 Å². The lowest BCUT2D eigenvalue weighted by Gasteiger charge is -2.20. The molecule has 120 valence electrons. The van der Waals surface area contributed by atoms with E-state index >= 15 is 0 Å². The Kier molecular flexibility index (Phi) is 4.65. The SMILES string of the molecule is CCc1cnc2c(c1NC(CC)CO)c(=O)n(C)c(=O)n2C. The lowest BCUT2D eigenvalue weighted by Crippen LogP contribution is -2.38. The molecule has 0 bridgehead atoms. The number of fused-ring (bicyclic) bond motifs is 1. The largest absolute Gasteiger partial charge is 0.394 e. The maximum atomic E-state index is 12.6. The average Bonchev–Trinajstić information content (AvgIpc) is 2.54. The highest BCUT2D eigenvalue weighted by atomic mass is 16.3. The molecule has 2 heterocycles. The highest BCUT2D eigenvalue weighted by Crippen LogP contribution is 2.24. The zero-order valence-corrected chi connectivity index (χ0v) is 13.4. The molecule has 1 unspecified atom stereocenters. The monoisotopic (exact) mass is 306 g/mol. The summed E-state index contributed by atoms with van der Waals surface area (Å²) in [6, 6.07) is -0.155. The molecule has 0 aromatic carbocycles. The number of rotatable bonds is 5. The summed E-state index contributed by atoms with van der Waals surface area (Å²) in [6.07, 6.45) is 3.09. The van der Waals surface area contributed by atoms with Crippen LogP contribution in [0.1, 0.15) is 25.8 Å². The summed E-state index contributed by atoms with van der Waals surface area (Å²) >= 11 is 0. The summed E-state index contributed by atoms with van der Waals surface area (Å²) in [4.78, 5) is 28.9. The first-order valence-electron chi connectivity index (χ1n) is 7.41. The molecule has 0 radical (unpaired) electrons. The van der Waals surface area contributed by atoms with Crippen molar-refractivity contribution >= 4 is 16.7 Å². The van der Waals surface area contributed by atoms with Crippen LogP contribution >= 0.6 is 0 Å². The van der Waals surface area contributed by atoms with Crippen LogP contribution in [0.25, 0.3) is 11.0 Å². The summed E-state index contributed by atoms with van der Waals surface area (Å²) in [5.74, 6) is 0. The van der Waals surface area contributed by atoms with E-state index < -0.39 is 5.69 Å². The first kappa shape index (κ1) is 16.2. The lowest BCUT2D eigenvalue weighted by atomic mass is 10.1. The Labute approximate surface area is 128 Å². The molecule has 22 heavy (non-hydrogen) atoms. The Morgan fingerprint density at radius 1 is 1.27 bits per heavy atom. The van der Waals surface area contributed by atoms with Gasteiger partial charge in [0.25, 0.3) is 5.56 Å². The van der Waals surface area contributed by atoms with Crippen LogP contribution in [0.2, 0.25) is 0 Å². The summed E-state index contributed by atoms with van der Waals surface area (Å²) < 4.78 is 2.44. The number of aryl methyl sites for hydroxylation is 2. The van der Waals surface area contributed by atoms with E-state index in [1.54, 1.807) is 13.2 Å². The highest BCUT2D eigenvalue weighted by molar-refractivity contribution is 5.90. The van der Waals surface area contributed by atoms with Gasteiger partial charge >= 0.3 is 5.69 Å². The number of nitrogens with one attached hydrogen (secondary N) is 1. The quantitative estimate of drug-likeness (QED) is 0.833. The van der Waals surface area contributed by atoms with E-state index in [1.807, 2.05) is 13.8 Å². The predicted molar refractivity (Wildman–Crippen MR) is 86.4 cm³/mol. The van der Waals surface area contributed by atoms with Gasteiger partial charge in [0.1, 0.15) is 5.39 Å². The zero-order chi connectivity index (χ0) is 16.4. The standard InChI is InChI=1S/C15H22N4O3/c1-5-9-7-16-13-11(12(9)17-10(6-2)8-20)14(21)19(4)15(22)18(13)3/h7,10,20H,5-6,8H2,1-4H3,(H,16,17). The number of pyridine rings is 1. The summed E-state index contributed by atoms with van der Waals surface area (Å²) in [5, 5.41) is 13.1. The fraction of sp³-hybridized carbons (Fsp3) is 0.533. The van der Waals surface area contributed by atoms with Crippen molar-refractivity contribution in [2.24, 2.45) is 14.1 Å². The molecule has 2 N–H and O–H groups in total. The van der Waals surface area contributed by atoms with Crippen LogP contribution in [0.15, 0.2) is 15.8 Å². The Balaban J connectivity index is 2.87. The molecule has 1 atom stereocenters. The van der Waals surface area contributed by atoms with Gasteiger partial charge in [0.2, 0.25) is 0 Å². The van der Waals surface area contributed by atoms with Crippen LogP contribution in [-0.4, -0.2) is 31.9 Å². The number of nitrogens with zero attached hydrogens (tertiary/aromatic N) is 3. The minimum atomic E-state index is -0.408. The molecule has 7 nitrogen and oxygen atoms in total. The molecule has 0 saturated carbocycles. The van der Waals surface area contributed by atoms with Gasteiger partial charge in [-0.1, -0.05) is 13.8 Å². The van der Waals surface area contributed by atoms with Crippen LogP contribution in [-0.2, 0) is 20.5 Å². The van der Waals surface area contributed by atoms with E-state index in [9.17, 15) is 14.7 Å². The van der Waals surface area contributed by atoms with Crippen LogP contribution < -0.4 is 16.6 Å². The number of anilines is 1. The van der Waals surface area contributed by atoms with E-state index in [0.717, 1.165) is 16.6 Å². The molecule has 0 aliphatic carbocycles. The van der Waals surface area contributed by atoms with Crippen molar-refractivity contribution in [2.75, 3.05) is 11.9 Å². The third-order valence-corrected chi connectivity index (χ3v) is 3.99. The van der Waals surface area contributed by atoms with Gasteiger partial charge in [-0.2, -0.15) is 0 Å². The molecule has 2 aromatic rings. The number of aliphatic hydroxyl groups is 1. The van der Waals surface area contributed by atoms with Crippen LogP contribution in [0.3, 0.4) is 0 Å². The van der Waals surface area contributed by atoms with E-state index in [2.05, 4.69) is 10.3 Å². The third-order valence-electron chi connectivity index (χ3n) is 3.99. The molecule has 2 aromatic heterocycles. The number of aliphatic hydroxyl groups excluding tert-OH is 1. The Morgan fingerprint density at radius 2 is 1.95 bits per heavy atom. The van der Waals surface area contributed by atoms with E-state index in [-0.39, 0.29) is 18.2 Å². The maximum absolute atomic E-state index is 12.6. The smallest absolute Gasteiger partial charge is 0.332 e. The van der Waals surface area contributed by atoms with E-state index in [0.29, 0.717) is 23.1 Å². The van der Waals surface area contributed by atoms with Crippen molar-refractivity contribution in [3.8, 4) is 0 Å². The van der Waals surface area contributed by atoms with Gasteiger partial charge in [0.05, 0.1) is 12.3 Å². The van der Waals surface area contributed by atoms with Gasteiger partial charge < -0.3 is 10.4 Å². The zero-order valence-electron chi connectivity index (χ0n) is 13.4. The number of hydrogen-bond donors (Lipinski definition) is 2. The number of hydrogen-bond acceptors (Lipinski definition) is 5. The van der Waals surface area contributed by atoms with Crippen molar-refractivity contribution in [3.05, 3.63) is 32.6 Å². The van der Waals surface area contributed by atoms with Crippen LogP contribution in [0.5, 0.6) is 0 Å². The summed E-state index contributed by atoms with van der Waals surface area (Å²) in [5.41, 5.74) is 1.10. The van der Waals surface area contributed by atoms with Crippen molar-refractivity contribution in [2.45, 2.75) is 32.7 Å². The topological polar surface area (TPSA) is 89.2 Å². The molecule has 7 heteroatoms. The van der Waals surface area contributed by atoms with Gasteiger partial charge in [-0.05, 0) is 18.4 Å². The van der Waals surface area contributed by atoms with Gasteiger partial charge in [0.15, 0.2) is 5.65 Å². The van der Waals surface area contributed by atoms with Gasteiger partial charge in [0, 0.05) is 26.3 Å². The second-order valence-corrected chi connectivity index (χ2v) is 5.35. The van der Waals surface area contributed by atoms with Gasteiger partial charge in [-0.15, -0.1) is 0 Å². The lowest BCUT2D eigenvalue weighted by molar-refractivity contribution is 0.272. The molecule has 0 spiro atoms. The molecule has 0 amide bonds. The first-order valence-corrected chi connectivity index (χ1v) is 7.41. The third kappa shape index (κ3) is 2.52. The maximum Gasteiger partial charge on any atom is 0.332 e. The summed E-state index contributed by atoms with van der Waals surface area (Å²) in [7, 11) is 3.05. The van der Waals surface area contributed by atoms with Crippen molar-refractivity contribution in [1.82, 2.24) is 14.1 Å². The van der Waals surface area contributed by atoms with Gasteiger partial charge in [-0.25, -0.2) is 9.78 Å². The second kappa shape index (κ2) is 6.31. The number of aromatic nitrogens is 3. The Hall–Kier alpha value is -2.15. The minimum absolute atomic E-state index is 0.0322. The molecular formula is C15H22N4O3. The Morgan fingerprint density at radius 3 is 2.50 bits per heavy atom. The van der Waals surface area contributed by atoms with Crippen molar-refractivity contribution in [1.29, 1.82) is 0 Å². The molecular weight excluding hydrogens is 284 g/mol. The average molecular weight is 306 g/mol. The van der Waals surface area contributed by atoms with Crippen LogP contribution in [0.4, 0.5) is 5.69 Å². The molecule has 0 aliphatic rings. The molecule has 2 rings (SSSR count). The first-order chi connectivity index (χ1) is 10.5. The molecule has 0 fully saturated rings. The van der Waals surface area contributed by atoms with E-state index in [1.165, 1.54) is 11.6 Å². The normalized spacial score (nSPS) is 12.6. The van der Waals surface area contributed by atoms with Crippen LogP contribution in [0, 0.1) is 0 Å². The minimum Gasteiger partial charge on any atom is -0.394 e. The fourth-order valence-electron chi connectivity index (χ4n) is 2.48. The summed E-state index contributed by atoms with van der Waals surface area (Å²) in [6.45, 7) is 3.90. The van der Waals surface area contributed by atoms with Crippen molar-refractivity contribution < 1.29 is 5.11 Å².